The fourth-order valence-corrected chi connectivity index (χ4v) is 1.56. The number of pyridine rings is 1. The van der Waals surface area contributed by atoms with Gasteiger partial charge in [0.2, 0.25) is 5.91 Å². The zero-order chi connectivity index (χ0) is 14.5. The standard InChI is InChI=1S/C15H25N3O/c1-11(2)17-13-7-6-12(10-16-13)18-14(19)8-9-15(3,4)5/h6-7,10-11H,8-9H2,1-5H3,(H,16,17)(H,18,19). The van der Waals surface area contributed by atoms with Crippen LogP contribution in [0.2, 0.25) is 0 Å². The van der Waals surface area contributed by atoms with Gasteiger partial charge in [-0.3, -0.25) is 4.79 Å². The number of hydrogen-bond acceptors (Lipinski definition) is 3. The van der Waals surface area contributed by atoms with Gasteiger partial charge in [0.05, 0.1) is 11.9 Å². The van der Waals surface area contributed by atoms with Gasteiger partial charge in [0.1, 0.15) is 5.82 Å². The summed E-state index contributed by atoms with van der Waals surface area (Å²) in [5, 5.41) is 6.07. The van der Waals surface area contributed by atoms with Crippen LogP contribution in [-0.2, 0) is 4.79 Å². The monoisotopic (exact) mass is 263 g/mol. The molecular formula is C15H25N3O. The first kappa shape index (κ1) is 15.5. The summed E-state index contributed by atoms with van der Waals surface area (Å²) in [6, 6.07) is 4.09. The van der Waals surface area contributed by atoms with Crippen LogP contribution in [0.4, 0.5) is 11.5 Å². The van der Waals surface area contributed by atoms with E-state index >= 15 is 0 Å². The highest BCUT2D eigenvalue weighted by Crippen LogP contribution is 2.21. The summed E-state index contributed by atoms with van der Waals surface area (Å²) in [5.41, 5.74) is 0.925. The number of nitrogens with one attached hydrogen (secondary N) is 2. The fraction of sp³-hybridized carbons (Fsp3) is 0.600. The Hall–Kier alpha value is -1.58. The number of carbonyl (C=O) groups excluding carboxylic acids is 1. The molecule has 2 N–H and O–H groups in total. The van der Waals surface area contributed by atoms with Gasteiger partial charge in [0.25, 0.3) is 0 Å². The summed E-state index contributed by atoms with van der Waals surface area (Å²) in [6.07, 6.45) is 3.09. The van der Waals surface area contributed by atoms with E-state index in [4.69, 9.17) is 0 Å². The molecule has 19 heavy (non-hydrogen) atoms. The lowest BCUT2D eigenvalue weighted by Crippen LogP contribution is -2.16. The molecule has 1 amide bonds. The maximum atomic E-state index is 11.8. The van der Waals surface area contributed by atoms with Crippen molar-refractivity contribution in [1.29, 1.82) is 0 Å². The molecule has 0 radical (unpaired) electrons. The Labute approximate surface area is 116 Å². The van der Waals surface area contributed by atoms with Crippen LogP contribution in [0.1, 0.15) is 47.5 Å². The van der Waals surface area contributed by atoms with E-state index in [1.54, 1.807) is 6.20 Å². The van der Waals surface area contributed by atoms with Crippen molar-refractivity contribution in [1.82, 2.24) is 4.98 Å². The Kier molecular flexibility index (Phi) is 5.33. The van der Waals surface area contributed by atoms with Gasteiger partial charge in [0.15, 0.2) is 0 Å². The van der Waals surface area contributed by atoms with Gasteiger partial charge in [-0.05, 0) is 37.8 Å². The van der Waals surface area contributed by atoms with Crippen molar-refractivity contribution < 1.29 is 4.79 Å². The van der Waals surface area contributed by atoms with Crippen LogP contribution in [0.5, 0.6) is 0 Å². The van der Waals surface area contributed by atoms with Gasteiger partial charge in [0, 0.05) is 12.5 Å². The third kappa shape index (κ3) is 6.79. The predicted molar refractivity (Wildman–Crippen MR) is 80.3 cm³/mol. The Morgan fingerprint density at radius 1 is 1.32 bits per heavy atom. The Balaban J connectivity index is 2.47. The average Bonchev–Trinajstić information content (AvgIpc) is 2.28. The second-order valence-electron chi connectivity index (χ2n) is 6.34. The molecular weight excluding hydrogens is 238 g/mol. The second-order valence-corrected chi connectivity index (χ2v) is 6.34. The first-order valence-electron chi connectivity index (χ1n) is 6.79. The Morgan fingerprint density at radius 3 is 2.47 bits per heavy atom. The van der Waals surface area contributed by atoms with Crippen LogP contribution >= 0.6 is 0 Å². The molecule has 0 spiro atoms. The van der Waals surface area contributed by atoms with Gasteiger partial charge in [-0.1, -0.05) is 20.8 Å². The minimum absolute atomic E-state index is 0.0429. The Morgan fingerprint density at radius 2 is 2.00 bits per heavy atom. The van der Waals surface area contributed by atoms with Crippen LogP contribution in [0.25, 0.3) is 0 Å². The molecule has 1 aromatic rings. The van der Waals surface area contributed by atoms with E-state index in [1.807, 2.05) is 12.1 Å². The number of nitrogens with zero attached hydrogens (tertiary/aromatic N) is 1. The van der Waals surface area contributed by atoms with Crippen LogP contribution in [0.15, 0.2) is 18.3 Å². The first-order chi connectivity index (χ1) is 8.76. The lowest BCUT2D eigenvalue weighted by molar-refractivity contribution is -0.116. The molecule has 0 aliphatic heterocycles. The molecule has 1 aromatic heterocycles. The SMILES string of the molecule is CC(C)Nc1ccc(NC(=O)CCC(C)(C)C)cn1. The normalized spacial score (nSPS) is 11.5. The van der Waals surface area contributed by atoms with Gasteiger partial charge >= 0.3 is 0 Å². The van der Waals surface area contributed by atoms with E-state index in [9.17, 15) is 4.79 Å². The van der Waals surface area contributed by atoms with Crippen LogP contribution in [0, 0.1) is 5.41 Å². The van der Waals surface area contributed by atoms with Crippen LogP contribution in [0.3, 0.4) is 0 Å². The molecule has 1 heterocycles. The molecule has 0 atom stereocenters. The van der Waals surface area contributed by atoms with Gasteiger partial charge in [-0.15, -0.1) is 0 Å². The van der Waals surface area contributed by atoms with E-state index in [-0.39, 0.29) is 11.3 Å². The summed E-state index contributed by atoms with van der Waals surface area (Å²) < 4.78 is 0. The van der Waals surface area contributed by atoms with E-state index in [0.717, 1.165) is 17.9 Å². The summed E-state index contributed by atoms with van der Waals surface area (Å²) in [5.74, 6) is 0.865. The number of amides is 1. The van der Waals surface area contributed by atoms with Crippen molar-refractivity contribution in [3.8, 4) is 0 Å². The van der Waals surface area contributed by atoms with Crippen molar-refractivity contribution in [2.75, 3.05) is 10.6 Å². The molecule has 0 saturated carbocycles. The summed E-state index contributed by atoms with van der Waals surface area (Å²) in [6.45, 7) is 10.5. The smallest absolute Gasteiger partial charge is 0.224 e. The first-order valence-corrected chi connectivity index (χ1v) is 6.79. The van der Waals surface area contributed by atoms with E-state index < -0.39 is 0 Å². The van der Waals surface area contributed by atoms with Crippen LogP contribution < -0.4 is 10.6 Å². The molecule has 4 heteroatoms. The van der Waals surface area contributed by atoms with Gasteiger partial charge in [-0.2, -0.15) is 0 Å². The molecule has 4 nitrogen and oxygen atoms in total. The van der Waals surface area contributed by atoms with Crippen molar-refractivity contribution >= 4 is 17.4 Å². The molecule has 106 valence electrons. The van der Waals surface area contributed by atoms with Gasteiger partial charge in [-0.25, -0.2) is 4.98 Å². The molecule has 0 saturated heterocycles. The highest BCUT2D eigenvalue weighted by Gasteiger charge is 2.13. The number of aromatic nitrogens is 1. The van der Waals surface area contributed by atoms with Crippen molar-refractivity contribution in [3.63, 3.8) is 0 Å². The lowest BCUT2D eigenvalue weighted by Gasteiger charge is -2.17. The van der Waals surface area contributed by atoms with E-state index in [1.165, 1.54) is 0 Å². The lowest BCUT2D eigenvalue weighted by atomic mass is 9.90. The summed E-state index contributed by atoms with van der Waals surface area (Å²) >= 11 is 0. The number of carbonyl (C=O) groups is 1. The number of rotatable bonds is 5. The number of hydrogen-bond donors (Lipinski definition) is 2. The minimum atomic E-state index is 0.0429. The van der Waals surface area contributed by atoms with Crippen molar-refractivity contribution in [2.24, 2.45) is 5.41 Å². The maximum absolute atomic E-state index is 11.8. The molecule has 0 aliphatic rings. The fourth-order valence-electron chi connectivity index (χ4n) is 1.56. The molecule has 0 fully saturated rings. The third-order valence-electron chi connectivity index (χ3n) is 2.59. The van der Waals surface area contributed by atoms with Gasteiger partial charge < -0.3 is 10.6 Å². The van der Waals surface area contributed by atoms with Crippen molar-refractivity contribution in [2.45, 2.75) is 53.5 Å². The summed E-state index contributed by atoms with van der Waals surface area (Å²) in [7, 11) is 0. The Bertz CT molecular complexity index is 404. The largest absolute Gasteiger partial charge is 0.368 e. The summed E-state index contributed by atoms with van der Waals surface area (Å²) in [4.78, 5) is 16.0. The molecule has 0 aromatic carbocycles. The van der Waals surface area contributed by atoms with Crippen LogP contribution in [-0.4, -0.2) is 16.9 Å². The zero-order valence-corrected chi connectivity index (χ0v) is 12.6. The quantitative estimate of drug-likeness (QED) is 0.852. The minimum Gasteiger partial charge on any atom is -0.368 e. The predicted octanol–water partition coefficient (Wildman–Crippen LogP) is 3.67. The third-order valence-corrected chi connectivity index (χ3v) is 2.59. The topological polar surface area (TPSA) is 54.0 Å². The zero-order valence-electron chi connectivity index (χ0n) is 12.6. The molecule has 0 bridgehead atoms. The highest BCUT2D eigenvalue weighted by atomic mass is 16.1. The highest BCUT2D eigenvalue weighted by molar-refractivity contribution is 5.90. The number of anilines is 2. The molecule has 1 rings (SSSR count). The maximum Gasteiger partial charge on any atom is 0.224 e. The molecule has 0 aliphatic carbocycles. The second kappa shape index (κ2) is 6.55. The van der Waals surface area contributed by atoms with E-state index in [0.29, 0.717) is 12.5 Å². The van der Waals surface area contributed by atoms with E-state index in [2.05, 4.69) is 50.2 Å². The molecule has 0 unspecified atom stereocenters. The van der Waals surface area contributed by atoms with Crippen molar-refractivity contribution in [3.05, 3.63) is 18.3 Å². The average molecular weight is 263 g/mol.